The number of benzene rings is 3. The molecule has 3 aromatic carbocycles. The highest BCUT2D eigenvalue weighted by atomic mass is 32.2. The van der Waals surface area contributed by atoms with Crippen molar-refractivity contribution in [3.8, 4) is 5.75 Å². The van der Waals surface area contributed by atoms with Crippen molar-refractivity contribution >= 4 is 27.5 Å². The van der Waals surface area contributed by atoms with E-state index in [0.717, 1.165) is 27.4 Å². The molecule has 0 saturated carbocycles. The molecule has 0 fully saturated rings. The number of nitrogens with zero attached hydrogens (tertiary/aromatic N) is 2. The van der Waals surface area contributed by atoms with Crippen molar-refractivity contribution in [2.24, 2.45) is 0 Å². The molecule has 0 aliphatic rings. The fraction of sp³-hybridized carbons (Fsp3) is 0.375. The van der Waals surface area contributed by atoms with Gasteiger partial charge >= 0.3 is 0 Å². The Morgan fingerprint density at radius 2 is 1.63 bits per heavy atom. The molecule has 1 N–H and O–H groups in total. The highest BCUT2D eigenvalue weighted by molar-refractivity contribution is 7.92. The van der Waals surface area contributed by atoms with Gasteiger partial charge in [0.05, 0.1) is 17.7 Å². The predicted octanol–water partition coefficient (Wildman–Crippen LogP) is 5.23. The van der Waals surface area contributed by atoms with E-state index in [-0.39, 0.29) is 23.4 Å². The molecule has 8 nitrogen and oxygen atoms in total. The minimum Gasteiger partial charge on any atom is -0.497 e. The fourth-order valence-electron chi connectivity index (χ4n) is 4.65. The van der Waals surface area contributed by atoms with Crippen LogP contribution in [0.3, 0.4) is 0 Å². The van der Waals surface area contributed by atoms with Crippen LogP contribution in [-0.2, 0) is 26.2 Å². The van der Waals surface area contributed by atoms with Gasteiger partial charge < -0.3 is 15.0 Å². The van der Waals surface area contributed by atoms with Gasteiger partial charge in [-0.1, -0.05) is 61.9 Å². The number of methoxy groups -OCH3 is 1. The van der Waals surface area contributed by atoms with Crippen molar-refractivity contribution in [2.75, 3.05) is 18.0 Å². The van der Waals surface area contributed by atoms with Crippen LogP contribution in [0.4, 0.5) is 5.69 Å². The zero-order valence-electron chi connectivity index (χ0n) is 24.8. The van der Waals surface area contributed by atoms with Crippen molar-refractivity contribution in [2.45, 2.75) is 71.0 Å². The van der Waals surface area contributed by atoms with Crippen LogP contribution < -0.4 is 14.4 Å². The quantitative estimate of drug-likeness (QED) is 0.299. The Labute approximate surface area is 244 Å². The number of carbonyl (C=O) groups is 2. The monoisotopic (exact) mass is 579 g/mol. The van der Waals surface area contributed by atoms with Gasteiger partial charge in [0.1, 0.15) is 18.3 Å². The lowest BCUT2D eigenvalue weighted by atomic mass is 10.1. The number of nitrogens with one attached hydrogen (secondary N) is 1. The Morgan fingerprint density at radius 1 is 0.927 bits per heavy atom. The summed E-state index contributed by atoms with van der Waals surface area (Å²) < 4.78 is 34.5. The van der Waals surface area contributed by atoms with Crippen LogP contribution in [0.5, 0.6) is 5.75 Å². The normalized spacial score (nSPS) is 12.7. The first-order valence-corrected chi connectivity index (χ1v) is 15.3. The minimum atomic E-state index is -4.11. The number of aryl methyl sites for hydroxylation is 2. The maximum absolute atomic E-state index is 14.2. The van der Waals surface area contributed by atoms with Crippen LogP contribution >= 0.6 is 0 Å². The average molecular weight is 580 g/mol. The largest absolute Gasteiger partial charge is 0.497 e. The summed E-state index contributed by atoms with van der Waals surface area (Å²) in [5.74, 6) is -0.143. The topological polar surface area (TPSA) is 96.0 Å². The summed E-state index contributed by atoms with van der Waals surface area (Å²) in [7, 11) is -2.55. The first-order valence-electron chi connectivity index (χ1n) is 13.9. The van der Waals surface area contributed by atoms with Crippen LogP contribution in [0.15, 0.2) is 77.7 Å². The molecule has 2 amide bonds. The van der Waals surface area contributed by atoms with Crippen LogP contribution in [0.2, 0.25) is 0 Å². The van der Waals surface area contributed by atoms with Gasteiger partial charge in [0.2, 0.25) is 11.8 Å². The number of hydrogen-bond donors (Lipinski definition) is 1. The highest BCUT2D eigenvalue weighted by Gasteiger charge is 2.34. The maximum Gasteiger partial charge on any atom is 0.264 e. The smallest absolute Gasteiger partial charge is 0.264 e. The third-order valence-corrected chi connectivity index (χ3v) is 8.88. The van der Waals surface area contributed by atoms with Crippen LogP contribution in [-0.4, -0.2) is 50.9 Å². The van der Waals surface area contributed by atoms with Gasteiger partial charge in [-0.2, -0.15) is 0 Å². The second-order valence-electron chi connectivity index (χ2n) is 10.2. The second kappa shape index (κ2) is 14.2. The van der Waals surface area contributed by atoms with E-state index >= 15 is 0 Å². The summed E-state index contributed by atoms with van der Waals surface area (Å²) in [6.45, 7) is 9.11. The zero-order valence-corrected chi connectivity index (χ0v) is 25.6. The van der Waals surface area contributed by atoms with Crippen LogP contribution in [0, 0.1) is 13.8 Å². The van der Waals surface area contributed by atoms with E-state index in [2.05, 4.69) is 5.32 Å². The molecule has 9 heteroatoms. The number of carbonyl (C=O) groups excluding carboxylic acids is 2. The molecule has 0 aliphatic heterocycles. The molecule has 0 unspecified atom stereocenters. The van der Waals surface area contributed by atoms with Gasteiger partial charge in [0.15, 0.2) is 0 Å². The maximum atomic E-state index is 14.2. The lowest BCUT2D eigenvalue weighted by Gasteiger charge is -2.34. The van der Waals surface area contributed by atoms with E-state index in [1.165, 1.54) is 17.0 Å². The zero-order chi connectivity index (χ0) is 30.2. The minimum absolute atomic E-state index is 0.0736. The molecule has 41 heavy (non-hydrogen) atoms. The SMILES string of the molecule is CC[C@@H](C)NC(=O)[C@H](CC)N(Cc1cccc(OC)c1)C(=O)CN(c1ccc(C)cc1C)S(=O)(=O)c1ccccc1. The van der Waals surface area contributed by atoms with Crippen LogP contribution in [0.1, 0.15) is 50.3 Å². The number of sulfonamides is 1. The van der Waals surface area contributed by atoms with E-state index < -0.39 is 28.5 Å². The summed E-state index contributed by atoms with van der Waals surface area (Å²) in [5.41, 5.74) is 2.86. The van der Waals surface area contributed by atoms with E-state index in [1.807, 2.05) is 65.0 Å². The standard InChI is InChI=1S/C32H41N3O5S/c1-7-25(5)33-32(37)29(8-2)34(21-26-13-12-14-27(20-26)40-6)31(36)22-35(30-18-17-23(3)19-24(30)4)41(38,39)28-15-10-9-11-16-28/h9-20,25,29H,7-8,21-22H2,1-6H3,(H,33,37)/t25-,29+/m1/s1. The van der Waals surface area contributed by atoms with Gasteiger partial charge in [0, 0.05) is 12.6 Å². The molecule has 0 bridgehead atoms. The lowest BCUT2D eigenvalue weighted by Crippen LogP contribution is -2.53. The van der Waals surface area contributed by atoms with Crippen molar-refractivity contribution < 1.29 is 22.7 Å². The number of hydrogen-bond acceptors (Lipinski definition) is 5. The molecule has 0 heterocycles. The highest BCUT2D eigenvalue weighted by Crippen LogP contribution is 2.28. The lowest BCUT2D eigenvalue weighted by molar-refractivity contribution is -0.140. The third kappa shape index (κ3) is 7.88. The van der Waals surface area contributed by atoms with Crippen molar-refractivity contribution in [1.82, 2.24) is 10.2 Å². The van der Waals surface area contributed by atoms with Crippen LogP contribution in [0.25, 0.3) is 0 Å². The molecule has 3 rings (SSSR count). The molecule has 220 valence electrons. The Hall–Kier alpha value is -3.85. The van der Waals surface area contributed by atoms with Gasteiger partial charge in [-0.25, -0.2) is 8.42 Å². The fourth-order valence-corrected chi connectivity index (χ4v) is 6.15. The first-order chi connectivity index (χ1) is 19.5. The van der Waals surface area contributed by atoms with E-state index in [0.29, 0.717) is 17.9 Å². The molecule has 0 saturated heterocycles. The Kier molecular flexibility index (Phi) is 10.9. The molecular weight excluding hydrogens is 538 g/mol. The molecule has 0 aliphatic carbocycles. The summed E-state index contributed by atoms with van der Waals surface area (Å²) in [6.07, 6.45) is 1.09. The Balaban J connectivity index is 2.09. The molecule has 3 aromatic rings. The number of anilines is 1. The summed E-state index contributed by atoms with van der Waals surface area (Å²) in [4.78, 5) is 29.2. The van der Waals surface area contributed by atoms with E-state index in [9.17, 15) is 18.0 Å². The second-order valence-corrected chi connectivity index (χ2v) is 12.1. The molecule has 0 aromatic heterocycles. The van der Waals surface area contributed by atoms with Crippen molar-refractivity contribution in [3.05, 3.63) is 89.5 Å². The number of amides is 2. The summed E-state index contributed by atoms with van der Waals surface area (Å²) >= 11 is 0. The van der Waals surface area contributed by atoms with E-state index in [1.54, 1.807) is 37.4 Å². The molecule has 0 spiro atoms. The van der Waals surface area contributed by atoms with Gasteiger partial charge in [-0.05, 0) is 75.1 Å². The van der Waals surface area contributed by atoms with Gasteiger partial charge in [-0.3, -0.25) is 13.9 Å². The molecule has 2 atom stereocenters. The summed E-state index contributed by atoms with van der Waals surface area (Å²) in [6, 6.07) is 19.9. The predicted molar refractivity (Wildman–Crippen MR) is 162 cm³/mol. The van der Waals surface area contributed by atoms with Crippen molar-refractivity contribution in [1.29, 1.82) is 0 Å². The van der Waals surface area contributed by atoms with E-state index in [4.69, 9.17) is 4.74 Å². The average Bonchev–Trinajstić information content (AvgIpc) is 2.96. The molecular formula is C32H41N3O5S. The Bertz CT molecular complexity index is 1440. The number of ether oxygens (including phenoxy) is 1. The first kappa shape index (κ1) is 31.7. The molecule has 0 radical (unpaired) electrons. The Morgan fingerprint density at radius 3 is 2.24 bits per heavy atom. The van der Waals surface area contributed by atoms with Gasteiger partial charge in [0.25, 0.3) is 10.0 Å². The van der Waals surface area contributed by atoms with Gasteiger partial charge in [-0.15, -0.1) is 0 Å². The third-order valence-electron chi connectivity index (χ3n) is 7.11. The van der Waals surface area contributed by atoms with Crippen molar-refractivity contribution in [3.63, 3.8) is 0 Å². The summed E-state index contributed by atoms with van der Waals surface area (Å²) in [5, 5.41) is 2.99. The number of rotatable bonds is 13.